The fraction of sp³-hybridized carbons (Fsp3) is 0.0370. The quantitative estimate of drug-likeness (QED) is 0.161. The minimum Gasteiger partial charge on any atom is -0.309 e. The molecule has 2 heteroatoms. The molecule has 0 N–H and O–H groups in total. The Morgan fingerprint density at radius 2 is 0.679 bits per heavy atom. The molecule has 0 aliphatic carbocycles. The number of para-hydroxylation sites is 2. The summed E-state index contributed by atoms with van der Waals surface area (Å²) >= 11 is 0. The average Bonchev–Trinajstić information content (AvgIpc) is 3.74. The highest BCUT2D eigenvalue weighted by atomic mass is 15.0. The third-order valence-corrected chi connectivity index (χ3v) is 12.2. The fourth-order valence-electron chi connectivity index (χ4n) is 9.62. The minimum absolute atomic E-state index is 1.18. The van der Waals surface area contributed by atoms with Crippen molar-refractivity contribution in [1.82, 2.24) is 9.13 Å². The van der Waals surface area contributed by atoms with Crippen LogP contribution in [0.4, 0.5) is 0 Å². The first-order valence-electron chi connectivity index (χ1n) is 19.5. The third-order valence-electron chi connectivity index (χ3n) is 12.2. The predicted octanol–water partition coefficient (Wildman–Crippen LogP) is 14.7. The predicted molar refractivity (Wildman–Crippen MR) is 239 cm³/mol. The summed E-state index contributed by atoms with van der Waals surface area (Å²) in [5.74, 6) is 0. The highest BCUT2D eigenvalue weighted by Gasteiger charge is 2.19. The van der Waals surface area contributed by atoms with Gasteiger partial charge in [-0.15, -0.1) is 0 Å². The third kappa shape index (κ3) is 4.44. The van der Waals surface area contributed by atoms with E-state index in [9.17, 15) is 0 Å². The van der Waals surface area contributed by atoms with Gasteiger partial charge in [-0.1, -0.05) is 120 Å². The van der Waals surface area contributed by atoms with Crippen LogP contribution in [0.2, 0.25) is 0 Å². The van der Waals surface area contributed by atoms with E-state index in [4.69, 9.17) is 0 Å². The van der Waals surface area contributed by atoms with Gasteiger partial charge in [0.25, 0.3) is 0 Å². The van der Waals surface area contributed by atoms with Crippen LogP contribution in [0, 0.1) is 13.8 Å². The van der Waals surface area contributed by atoms with E-state index in [-0.39, 0.29) is 0 Å². The van der Waals surface area contributed by atoms with E-state index in [0.29, 0.717) is 0 Å². The molecule has 2 heterocycles. The van der Waals surface area contributed by atoms with Crippen LogP contribution in [0.3, 0.4) is 0 Å². The largest absolute Gasteiger partial charge is 0.309 e. The van der Waals surface area contributed by atoms with Crippen LogP contribution in [0.25, 0.3) is 110 Å². The van der Waals surface area contributed by atoms with E-state index in [0.717, 1.165) is 0 Å². The first-order chi connectivity index (χ1) is 27.6. The van der Waals surface area contributed by atoms with Crippen LogP contribution in [-0.2, 0) is 0 Å². The van der Waals surface area contributed by atoms with Gasteiger partial charge in [-0.05, 0) is 141 Å². The maximum Gasteiger partial charge on any atom is 0.0541 e. The molecule has 0 aliphatic rings. The van der Waals surface area contributed by atoms with Crippen molar-refractivity contribution in [2.75, 3.05) is 0 Å². The summed E-state index contributed by atoms with van der Waals surface area (Å²) < 4.78 is 4.80. The van der Waals surface area contributed by atoms with E-state index in [2.05, 4.69) is 205 Å². The lowest BCUT2D eigenvalue weighted by Gasteiger charge is -2.17. The number of hydrogen-bond donors (Lipinski definition) is 0. The first-order valence-corrected chi connectivity index (χ1v) is 19.5. The van der Waals surface area contributed by atoms with Gasteiger partial charge in [0.2, 0.25) is 0 Å². The topological polar surface area (TPSA) is 9.86 Å². The van der Waals surface area contributed by atoms with Gasteiger partial charge in [-0.25, -0.2) is 0 Å². The van der Waals surface area contributed by atoms with Gasteiger partial charge in [0.1, 0.15) is 0 Å². The van der Waals surface area contributed by atoms with E-state index in [1.807, 2.05) is 0 Å². The van der Waals surface area contributed by atoms with Crippen molar-refractivity contribution in [3.63, 3.8) is 0 Å². The number of aryl methyl sites for hydroxylation is 2. The average molecular weight is 713 g/mol. The molecule has 262 valence electrons. The summed E-state index contributed by atoms with van der Waals surface area (Å²) in [6.07, 6.45) is 0. The molecule has 2 aromatic heterocycles. The zero-order valence-corrected chi connectivity index (χ0v) is 31.2. The van der Waals surface area contributed by atoms with Crippen molar-refractivity contribution in [2.45, 2.75) is 13.8 Å². The lowest BCUT2D eigenvalue weighted by molar-refractivity contribution is 1.18. The molecule has 10 aromatic carbocycles. The van der Waals surface area contributed by atoms with Gasteiger partial charge in [0, 0.05) is 32.9 Å². The molecular formula is C54H36N2. The van der Waals surface area contributed by atoms with Gasteiger partial charge in [0.05, 0.1) is 22.1 Å². The zero-order chi connectivity index (χ0) is 37.1. The second-order valence-corrected chi connectivity index (χ2v) is 15.5. The van der Waals surface area contributed by atoms with Crippen LogP contribution in [0.15, 0.2) is 182 Å². The number of aromatic nitrogens is 2. The maximum atomic E-state index is 2.41. The number of rotatable bonds is 4. The number of benzene rings is 10. The minimum atomic E-state index is 1.18. The molecule has 12 aromatic rings. The SMILES string of the molecule is Cc1ccc2c(c1)c1cc(-c3ccc4ccc5c(-c6ccc7c(c6)c6cc(C)ccc6n7-c6ccccc6)ccc6ccc3c4c65)ccc1n2-c1ccccc1. The Hall–Kier alpha value is -7.16. The highest BCUT2D eigenvalue weighted by molar-refractivity contribution is 6.28. The molecule has 0 atom stereocenters. The van der Waals surface area contributed by atoms with E-state index >= 15 is 0 Å². The van der Waals surface area contributed by atoms with Gasteiger partial charge in [0.15, 0.2) is 0 Å². The Morgan fingerprint density at radius 1 is 0.304 bits per heavy atom. The van der Waals surface area contributed by atoms with Crippen molar-refractivity contribution in [3.05, 3.63) is 193 Å². The smallest absolute Gasteiger partial charge is 0.0541 e. The normalized spacial score (nSPS) is 12.1. The molecule has 0 saturated carbocycles. The van der Waals surface area contributed by atoms with Crippen molar-refractivity contribution >= 4 is 75.9 Å². The molecule has 0 bridgehead atoms. The van der Waals surface area contributed by atoms with Crippen molar-refractivity contribution in [1.29, 1.82) is 0 Å². The molecule has 56 heavy (non-hydrogen) atoms. The molecule has 2 nitrogen and oxygen atoms in total. The second-order valence-electron chi connectivity index (χ2n) is 15.5. The standard InChI is InChI=1S/C54H36N2/c1-33-13-25-49-45(29-33)47-31-37(19-27-51(47)55(49)39-9-5-3-6-10-39)41-21-15-35-18-24-44-42(22-16-36-17-23-43(41)53(35)54(36)44)38-20-28-52-48(32-38)46-30-34(2)14-26-50(46)56(52)40-11-7-4-8-12-40/h3-32H,1-2H3. The summed E-state index contributed by atoms with van der Waals surface area (Å²) in [5, 5.41) is 12.9. The molecule has 0 fully saturated rings. The molecule has 0 aliphatic heterocycles. The van der Waals surface area contributed by atoms with Gasteiger partial charge in [-0.3, -0.25) is 0 Å². The van der Waals surface area contributed by atoms with Crippen molar-refractivity contribution in [2.24, 2.45) is 0 Å². The van der Waals surface area contributed by atoms with Crippen LogP contribution < -0.4 is 0 Å². The Balaban J connectivity index is 1.07. The van der Waals surface area contributed by atoms with Crippen molar-refractivity contribution in [3.8, 4) is 33.6 Å². The summed E-state index contributed by atoms with van der Waals surface area (Å²) in [6.45, 7) is 4.37. The molecular weight excluding hydrogens is 677 g/mol. The van der Waals surface area contributed by atoms with Gasteiger partial charge >= 0.3 is 0 Å². The molecule has 0 spiro atoms. The summed E-state index contributed by atoms with van der Waals surface area (Å²) in [7, 11) is 0. The summed E-state index contributed by atoms with van der Waals surface area (Å²) in [4.78, 5) is 0. The van der Waals surface area contributed by atoms with Crippen LogP contribution in [-0.4, -0.2) is 9.13 Å². The van der Waals surface area contributed by atoms with Crippen LogP contribution in [0.5, 0.6) is 0 Å². The first kappa shape index (κ1) is 31.2. The highest BCUT2D eigenvalue weighted by Crippen LogP contribution is 2.44. The maximum absolute atomic E-state index is 2.41. The van der Waals surface area contributed by atoms with E-state index in [1.165, 1.54) is 121 Å². The number of nitrogens with zero attached hydrogens (tertiary/aromatic N) is 2. The monoisotopic (exact) mass is 712 g/mol. The molecule has 0 amide bonds. The summed E-state index contributed by atoms with van der Waals surface area (Å²) in [6, 6.07) is 67.8. The number of hydrogen-bond acceptors (Lipinski definition) is 0. The Morgan fingerprint density at radius 3 is 1.11 bits per heavy atom. The molecule has 12 rings (SSSR count). The lowest BCUT2D eigenvalue weighted by atomic mass is 9.87. The van der Waals surface area contributed by atoms with E-state index in [1.54, 1.807) is 0 Å². The van der Waals surface area contributed by atoms with Crippen LogP contribution >= 0.6 is 0 Å². The summed E-state index contributed by atoms with van der Waals surface area (Å²) in [5.41, 5.74) is 14.8. The van der Waals surface area contributed by atoms with E-state index < -0.39 is 0 Å². The Labute approximate surface area is 324 Å². The van der Waals surface area contributed by atoms with Gasteiger partial charge < -0.3 is 9.13 Å². The molecule has 0 saturated heterocycles. The lowest BCUT2D eigenvalue weighted by Crippen LogP contribution is -1.93. The van der Waals surface area contributed by atoms with Crippen molar-refractivity contribution < 1.29 is 0 Å². The fourth-order valence-corrected chi connectivity index (χ4v) is 9.62. The molecule has 0 radical (unpaired) electrons. The Kier molecular flexibility index (Phi) is 6.50. The van der Waals surface area contributed by atoms with Gasteiger partial charge in [-0.2, -0.15) is 0 Å². The zero-order valence-electron chi connectivity index (χ0n) is 31.2. The number of fused-ring (bicyclic) bond motifs is 6. The second kappa shape index (κ2) is 11.7. The Bertz CT molecular complexity index is 3290. The van der Waals surface area contributed by atoms with Crippen LogP contribution in [0.1, 0.15) is 11.1 Å². The molecule has 0 unspecified atom stereocenters.